The molecule has 1 saturated carbocycles. The van der Waals surface area contributed by atoms with Gasteiger partial charge in [-0.05, 0) is 18.8 Å². The molecule has 0 saturated heterocycles. The molecule has 18 heavy (non-hydrogen) atoms. The number of aryl methyl sites for hydroxylation is 1. The Labute approximate surface area is 107 Å². The minimum atomic E-state index is -3.56. The lowest BCUT2D eigenvalue weighted by Crippen LogP contribution is -2.36. The SMILES string of the molecule is Cn1cnc(S(=O)(=O)NCC2CCCCC2O)c1. The van der Waals surface area contributed by atoms with Crippen molar-refractivity contribution in [1.29, 1.82) is 0 Å². The van der Waals surface area contributed by atoms with Crippen molar-refractivity contribution in [2.45, 2.75) is 36.8 Å². The molecule has 0 amide bonds. The zero-order chi connectivity index (χ0) is 13.2. The summed E-state index contributed by atoms with van der Waals surface area (Å²) in [7, 11) is -1.84. The van der Waals surface area contributed by atoms with Gasteiger partial charge in [-0.25, -0.2) is 18.1 Å². The van der Waals surface area contributed by atoms with Crippen LogP contribution in [-0.4, -0.2) is 35.7 Å². The molecular formula is C11H19N3O3S. The summed E-state index contributed by atoms with van der Waals surface area (Å²) < 4.78 is 28.0. The molecule has 0 aliphatic heterocycles. The maximum Gasteiger partial charge on any atom is 0.259 e. The van der Waals surface area contributed by atoms with Crippen LogP contribution < -0.4 is 4.72 Å². The number of nitrogens with zero attached hydrogens (tertiary/aromatic N) is 2. The quantitative estimate of drug-likeness (QED) is 0.823. The van der Waals surface area contributed by atoms with E-state index in [-0.39, 0.29) is 17.5 Å². The zero-order valence-electron chi connectivity index (χ0n) is 10.4. The smallest absolute Gasteiger partial charge is 0.259 e. The summed E-state index contributed by atoms with van der Waals surface area (Å²) in [5.41, 5.74) is 0. The summed E-state index contributed by atoms with van der Waals surface area (Å²) in [6.07, 6.45) is 6.20. The van der Waals surface area contributed by atoms with Crippen molar-refractivity contribution >= 4 is 10.0 Å². The number of sulfonamides is 1. The number of hydrogen-bond donors (Lipinski definition) is 2. The van der Waals surface area contributed by atoms with Crippen molar-refractivity contribution in [3.8, 4) is 0 Å². The predicted octanol–water partition coefficient (Wildman–Crippen LogP) is 0.249. The maximum atomic E-state index is 11.9. The van der Waals surface area contributed by atoms with E-state index in [2.05, 4.69) is 9.71 Å². The Morgan fingerprint density at radius 2 is 2.22 bits per heavy atom. The highest BCUT2D eigenvalue weighted by Gasteiger charge is 2.25. The van der Waals surface area contributed by atoms with E-state index in [1.807, 2.05) is 0 Å². The van der Waals surface area contributed by atoms with E-state index in [4.69, 9.17) is 0 Å². The van der Waals surface area contributed by atoms with Crippen molar-refractivity contribution in [2.75, 3.05) is 6.54 Å². The number of aliphatic hydroxyl groups is 1. The molecule has 6 nitrogen and oxygen atoms in total. The number of aromatic nitrogens is 2. The summed E-state index contributed by atoms with van der Waals surface area (Å²) >= 11 is 0. The predicted molar refractivity (Wildman–Crippen MR) is 66.4 cm³/mol. The lowest BCUT2D eigenvalue weighted by Gasteiger charge is -2.27. The van der Waals surface area contributed by atoms with Crippen molar-refractivity contribution in [3.63, 3.8) is 0 Å². The molecule has 102 valence electrons. The highest BCUT2D eigenvalue weighted by molar-refractivity contribution is 7.89. The molecule has 1 fully saturated rings. The Bertz CT molecular complexity index is 497. The lowest BCUT2D eigenvalue weighted by atomic mass is 9.87. The minimum Gasteiger partial charge on any atom is -0.393 e. The Morgan fingerprint density at radius 3 is 2.83 bits per heavy atom. The fraction of sp³-hybridized carbons (Fsp3) is 0.727. The largest absolute Gasteiger partial charge is 0.393 e. The van der Waals surface area contributed by atoms with Gasteiger partial charge in [-0.1, -0.05) is 12.8 Å². The molecule has 1 heterocycles. The van der Waals surface area contributed by atoms with E-state index in [1.165, 1.54) is 12.5 Å². The van der Waals surface area contributed by atoms with Crippen LogP contribution in [0.25, 0.3) is 0 Å². The van der Waals surface area contributed by atoms with Gasteiger partial charge < -0.3 is 9.67 Å². The maximum absolute atomic E-state index is 11.9. The van der Waals surface area contributed by atoms with Crippen LogP contribution in [0.2, 0.25) is 0 Å². The average Bonchev–Trinajstić information content (AvgIpc) is 2.76. The first kappa shape index (κ1) is 13.5. The second-order valence-electron chi connectivity index (χ2n) is 4.84. The first-order valence-electron chi connectivity index (χ1n) is 6.15. The third kappa shape index (κ3) is 3.09. The van der Waals surface area contributed by atoms with Crippen LogP contribution in [0.4, 0.5) is 0 Å². The highest BCUT2D eigenvalue weighted by atomic mass is 32.2. The van der Waals surface area contributed by atoms with Crippen molar-refractivity contribution in [3.05, 3.63) is 12.5 Å². The molecule has 1 aliphatic rings. The number of rotatable bonds is 4. The average molecular weight is 273 g/mol. The third-order valence-electron chi connectivity index (χ3n) is 3.36. The monoisotopic (exact) mass is 273 g/mol. The van der Waals surface area contributed by atoms with Crippen LogP contribution in [0.5, 0.6) is 0 Å². The summed E-state index contributed by atoms with van der Waals surface area (Å²) in [4.78, 5) is 3.82. The normalized spacial score (nSPS) is 25.2. The van der Waals surface area contributed by atoms with Gasteiger partial charge in [0.15, 0.2) is 5.03 Å². The van der Waals surface area contributed by atoms with Gasteiger partial charge in [0.2, 0.25) is 0 Å². The van der Waals surface area contributed by atoms with Crippen LogP contribution in [0, 0.1) is 5.92 Å². The summed E-state index contributed by atoms with van der Waals surface area (Å²) in [6, 6.07) is 0. The summed E-state index contributed by atoms with van der Waals surface area (Å²) in [5, 5.41) is 9.81. The molecule has 0 spiro atoms. The van der Waals surface area contributed by atoms with Gasteiger partial charge in [0.05, 0.1) is 12.4 Å². The molecule has 2 atom stereocenters. The Kier molecular flexibility index (Phi) is 4.04. The standard InChI is InChI=1S/C11H19N3O3S/c1-14-7-11(12-8-14)18(16,17)13-6-9-4-2-3-5-10(9)15/h7-10,13,15H,2-6H2,1H3. The first-order chi connectivity index (χ1) is 8.49. The number of imidazole rings is 1. The number of nitrogens with one attached hydrogen (secondary N) is 1. The molecule has 0 bridgehead atoms. The zero-order valence-corrected chi connectivity index (χ0v) is 11.2. The summed E-state index contributed by atoms with van der Waals surface area (Å²) in [5.74, 6) is 0.0113. The van der Waals surface area contributed by atoms with Crippen LogP contribution in [0.1, 0.15) is 25.7 Å². The third-order valence-corrected chi connectivity index (χ3v) is 4.67. The van der Waals surface area contributed by atoms with E-state index >= 15 is 0 Å². The molecule has 2 unspecified atom stereocenters. The van der Waals surface area contributed by atoms with Crippen LogP contribution in [-0.2, 0) is 17.1 Å². The Morgan fingerprint density at radius 1 is 1.50 bits per heavy atom. The van der Waals surface area contributed by atoms with Gasteiger partial charge in [-0.3, -0.25) is 0 Å². The molecule has 1 aromatic heterocycles. The van der Waals surface area contributed by atoms with E-state index in [9.17, 15) is 13.5 Å². The van der Waals surface area contributed by atoms with Crippen molar-refractivity contribution < 1.29 is 13.5 Å². The molecule has 1 aliphatic carbocycles. The van der Waals surface area contributed by atoms with Crippen molar-refractivity contribution in [1.82, 2.24) is 14.3 Å². The lowest BCUT2D eigenvalue weighted by molar-refractivity contribution is 0.0724. The molecular weight excluding hydrogens is 254 g/mol. The van der Waals surface area contributed by atoms with Gasteiger partial charge in [0, 0.05) is 19.8 Å². The van der Waals surface area contributed by atoms with Gasteiger partial charge in [0.1, 0.15) is 0 Å². The van der Waals surface area contributed by atoms with Crippen LogP contribution >= 0.6 is 0 Å². The Balaban J connectivity index is 1.96. The highest BCUT2D eigenvalue weighted by Crippen LogP contribution is 2.24. The second-order valence-corrected chi connectivity index (χ2v) is 6.55. The fourth-order valence-corrected chi connectivity index (χ4v) is 3.32. The molecule has 2 rings (SSSR count). The van der Waals surface area contributed by atoms with Gasteiger partial charge in [0.25, 0.3) is 10.0 Å². The van der Waals surface area contributed by atoms with Gasteiger partial charge >= 0.3 is 0 Å². The number of hydrogen-bond acceptors (Lipinski definition) is 4. The van der Waals surface area contributed by atoms with E-state index in [1.54, 1.807) is 11.6 Å². The molecule has 1 aromatic rings. The van der Waals surface area contributed by atoms with Crippen LogP contribution in [0.3, 0.4) is 0 Å². The minimum absolute atomic E-state index is 0.0113. The van der Waals surface area contributed by atoms with Crippen molar-refractivity contribution in [2.24, 2.45) is 13.0 Å². The summed E-state index contributed by atoms with van der Waals surface area (Å²) in [6.45, 7) is 0.278. The molecule has 7 heteroatoms. The second kappa shape index (κ2) is 5.38. The first-order valence-corrected chi connectivity index (χ1v) is 7.63. The van der Waals surface area contributed by atoms with E-state index in [0.29, 0.717) is 0 Å². The van der Waals surface area contributed by atoms with E-state index < -0.39 is 16.1 Å². The topological polar surface area (TPSA) is 84.2 Å². The van der Waals surface area contributed by atoms with Gasteiger partial charge in [-0.15, -0.1) is 0 Å². The molecule has 2 N–H and O–H groups in total. The van der Waals surface area contributed by atoms with Gasteiger partial charge in [-0.2, -0.15) is 0 Å². The number of aliphatic hydroxyl groups excluding tert-OH is 1. The molecule has 0 radical (unpaired) electrons. The van der Waals surface area contributed by atoms with E-state index in [0.717, 1.165) is 25.7 Å². The van der Waals surface area contributed by atoms with Crippen LogP contribution in [0.15, 0.2) is 17.6 Å². The molecule has 0 aromatic carbocycles. The fourth-order valence-electron chi connectivity index (χ4n) is 2.24. The Hall–Kier alpha value is -0.920.